The normalized spacial score (nSPS) is 14.2. The van der Waals surface area contributed by atoms with Crippen LogP contribution in [0.25, 0.3) is 0 Å². The second-order valence-electron chi connectivity index (χ2n) is 5.56. The van der Waals surface area contributed by atoms with Crippen LogP contribution in [0, 0.1) is 0 Å². The summed E-state index contributed by atoms with van der Waals surface area (Å²) in [4.78, 5) is 26.3. The maximum absolute atomic E-state index is 12.4. The van der Waals surface area contributed by atoms with Crippen LogP contribution in [0.3, 0.4) is 0 Å². The Kier molecular flexibility index (Phi) is 5.33. The number of rotatable bonds is 5. The molecule has 1 heterocycles. The average molecular weight is 362 g/mol. The van der Waals surface area contributed by atoms with Gasteiger partial charge in [-0.05, 0) is 48.9 Å². The van der Waals surface area contributed by atoms with E-state index in [-0.39, 0.29) is 11.8 Å². The minimum atomic E-state index is -2.48. The molecule has 0 saturated carbocycles. The van der Waals surface area contributed by atoms with Crippen molar-refractivity contribution in [1.82, 2.24) is 0 Å². The molecule has 4 nitrogen and oxygen atoms in total. The summed E-state index contributed by atoms with van der Waals surface area (Å²) in [6, 6.07) is 13.1. The molecule has 0 unspecified atom stereocenters. The van der Waals surface area contributed by atoms with Crippen molar-refractivity contribution < 1.29 is 18.4 Å². The summed E-state index contributed by atoms with van der Waals surface area (Å²) < 4.78 is 24.6. The Hall–Kier alpha value is -2.41. The van der Waals surface area contributed by atoms with Crippen LogP contribution >= 0.6 is 11.8 Å². The highest BCUT2D eigenvalue weighted by Gasteiger charge is 2.22. The van der Waals surface area contributed by atoms with Crippen molar-refractivity contribution in [2.75, 3.05) is 16.8 Å². The first kappa shape index (κ1) is 17.4. The number of carbonyl (C=O) groups is 2. The monoisotopic (exact) mass is 362 g/mol. The quantitative estimate of drug-likeness (QED) is 0.803. The van der Waals surface area contributed by atoms with Gasteiger partial charge in [-0.2, -0.15) is 8.78 Å². The lowest BCUT2D eigenvalue weighted by atomic mass is 10.1. The molecule has 0 radical (unpaired) electrons. The number of alkyl halides is 2. The number of nitrogens with zero attached hydrogens (tertiary/aromatic N) is 1. The second-order valence-corrected chi connectivity index (χ2v) is 6.62. The van der Waals surface area contributed by atoms with E-state index in [1.807, 2.05) is 0 Å². The highest BCUT2D eigenvalue weighted by Crippen LogP contribution is 2.26. The van der Waals surface area contributed by atoms with Gasteiger partial charge < -0.3 is 10.2 Å². The van der Waals surface area contributed by atoms with E-state index in [0.29, 0.717) is 46.6 Å². The Balaban J connectivity index is 1.70. The summed E-state index contributed by atoms with van der Waals surface area (Å²) in [5.74, 6) is -2.73. The number of anilines is 2. The minimum absolute atomic E-state index is 0.0599. The zero-order chi connectivity index (χ0) is 17.8. The molecule has 3 rings (SSSR count). The fraction of sp³-hybridized carbons (Fsp3) is 0.222. The molecule has 2 amide bonds. The molecule has 0 spiro atoms. The van der Waals surface area contributed by atoms with Gasteiger partial charge in [0.25, 0.3) is 11.7 Å². The van der Waals surface area contributed by atoms with E-state index < -0.39 is 5.76 Å². The predicted octanol–water partition coefficient (Wildman–Crippen LogP) is 4.38. The highest BCUT2D eigenvalue weighted by atomic mass is 32.2. The number of benzene rings is 2. The molecular formula is C18H16F2N2O2S. The van der Waals surface area contributed by atoms with Crippen molar-refractivity contribution in [2.24, 2.45) is 0 Å². The largest absolute Gasteiger partial charge is 0.322 e. The van der Waals surface area contributed by atoms with Crippen LogP contribution in [0.5, 0.6) is 0 Å². The van der Waals surface area contributed by atoms with Gasteiger partial charge >= 0.3 is 0 Å². The Morgan fingerprint density at radius 3 is 2.56 bits per heavy atom. The summed E-state index contributed by atoms with van der Waals surface area (Å²) >= 11 is 0.455. The van der Waals surface area contributed by atoms with Gasteiger partial charge in [0.2, 0.25) is 5.91 Å². The van der Waals surface area contributed by atoms with Gasteiger partial charge in [0.05, 0.1) is 0 Å². The minimum Gasteiger partial charge on any atom is -0.322 e. The number of hydrogen-bond acceptors (Lipinski definition) is 3. The SMILES string of the molecule is O=C(Nc1ccc(SC(F)F)cc1)c1cccc(N2CCCC2=O)c1. The van der Waals surface area contributed by atoms with E-state index in [0.717, 1.165) is 6.42 Å². The smallest absolute Gasteiger partial charge is 0.288 e. The number of hydrogen-bond donors (Lipinski definition) is 1. The topological polar surface area (TPSA) is 49.4 Å². The van der Waals surface area contributed by atoms with Crippen LogP contribution in [-0.2, 0) is 4.79 Å². The van der Waals surface area contributed by atoms with Gasteiger partial charge in [-0.25, -0.2) is 0 Å². The average Bonchev–Trinajstić information content (AvgIpc) is 3.02. The van der Waals surface area contributed by atoms with Crippen molar-refractivity contribution >= 4 is 35.0 Å². The van der Waals surface area contributed by atoms with Crippen LogP contribution in [0.15, 0.2) is 53.4 Å². The lowest BCUT2D eigenvalue weighted by Crippen LogP contribution is -2.24. The van der Waals surface area contributed by atoms with E-state index in [4.69, 9.17) is 0 Å². The molecular weight excluding hydrogens is 346 g/mol. The first-order chi connectivity index (χ1) is 12.0. The molecule has 130 valence electrons. The Bertz CT molecular complexity index is 781. The Morgan fingerprint density at radius 1 is 1.16 bits per heavy atom. The fourth-order valence-electron chi connectivity index (χ4n) is 2.66. The Labute approximate surface area is 148 Å². The molecule has 2 aromatic rings. The molecule has 1 aliphatic rings. The molecule has 25 heavy (non-hydrogen) atoms. The molecule has 2 aromatic carbocycles. The second kappa shape index (κ2) is 7.65. The third kappa shape index (κ3) is 4.36. The van der Waals surface area contributed by atoms with Gasteiger partial charge in [-0.1, -0.05) is 17.8 Å². The maximum Gasteiger partial charge on any atom is 0.288 e. The van der Waals surface area contributed by atoms with Gasteiger partial charge in [-0.3, -0.25) is 9.59 Å². The number of nitrogens with one attached hydrogen (secondary N) is 1. The molecule has 1 fully saturated rings. The van der Waals surface area contributed by atoms with E-state index in [9.17, 15) is 18.4 Å². The van der Waals surface area contributed by atoms with E-state index in [1.54, 1.807) is 41.3 Å². The zero-order valence-electron chi connectivity index (χ0n) is 13.2. The number of halogens is 2. The van der Waals surface area contributed by atoms with E-state index >= 15 is 0 Å². The standard InChI is InChI=1S/C18H16F2N2O2S/c19-18(20)25-15-8-6-13(7-9-15)21-17(24)12-3-1-4-14(11-12)22-10-2-5-16(22)23/h1,3-4,6-9,11,18H,2,5,10H2,(H,21,24). The summed E-state index contributed by atoms with van der Waals surface area (Å²) in [6.07, 6.45) is 1.34. The van der Waals surface area contributed by atoms with Crippen molar-refractivity contribution in [3.63, 3.8) is 0 Å². The molecule has 0 aromatic heterocycles. The molecule has 1 aliphatic heterocycles. The van der Waals surface area contributed by atoms with Gasteiger partial charge in [0, 0.05) is 34.8 Å². The highest BCUT2D eigenvalue weighted by molar-refractivity contribution is 7.99. The molecule has 0 aliphatic carbocycles. The zero-order valence-corrected chi connectivity index (χ0v) is 14.1. The number of carbonyl (C=O) groups excluding carboxylic acids is 2. The summed E-state index contributed by atoms with van der Waals surface area (Å²) in [7, 11) is 0. The molecule has 1 N–H and O–H groups in total. The number of amides is 2. The van der Waals surface area contributed by atoms with Gasteiger partial charge in [0.15, 0.2) is 0 Å². The van der Waals surface area contributed by atoms with Crippen molar-refractivity contribution in [3.8, 4) is 0 Å². The van der Waals surface area contributed by atoms with Crippen molar-refractivity contribution in [3.05, 3.63) is 54.1 Å². The summed E-state index contributed by atoms with van der Waals surface area (Å²) in [5.41, 5.74) is 1.66. The maximum atomic E-state index is 12.4. The van der Waals surface area contributed by atoms with Crippen LogP contribution in [0.4, 0.5) is 20.2 Å². The number of thioether (sulfide) groups is 1. The summed E-state index contributed by atoms with van der Waals surface area (Å²) in [5, 5.41) is 2.73. The van der Waals surface area contributed by atoms with E-state index in [1.165, 1.54) is 12.1 Å². The lowest BCUT2D eigenvalue weighted by Gasteiger charge is -2.16. The van der Waals surface area contributed by atoms with Crippen LogP contribution in [0.1, 0.15) is 23.2 Å². The van der Waals surface area contributed by atoms with E-state index in [2.05, 4.69) is 5.32 Å². The molecule has 1 saturated heterocycles. The van der Waals surface area contributed by atoms with Crippen molar-refractivity contribution in [2.45, 2.75) is 23.5 Å². The predicted molar refractivity (Wildman–Crippen MR) is 94.3 cm³/mol. The molecule has 7 heteroatoms. The van der Waals surface area contributed by atoms with Crippen LogP contribution in [-0.4, -0.2) is 24.1 Å². The molecule has 0 bridgehead atoms. The lowest BCUT2D eigenvalue weighted by molar-refractivity contribution is -0.117. The van der Waals surface area contributed by atoms with Crippen molar-refractivity contribution in [1.29, 1.82) is 0 Å². The van der Waals surface area contributed by atoms with Gasteiger partial charge in [-0.15, -0.1) is 0 Å². The molecule has 0 atom stereocenters. The first-order valence-corrected chi connectivity index (χ1v) is 8.67. The van der Waals surface area contributed by atoms with Gasteiger partial charge in [0.1, 0.15) is 0 Å². The summed E-state index contributed by atoms with van der Waals surface area (Å²) in [6.45, 7) is 0.660. The first-order valence-electron chi connectivity index (χ1n) is 7.79. The van der Waals surface area contributed by atoms with Crippen LogP contribution < -0.4 is 10.2 Å². The third-order valence-corrected chi connectivity index (χ3v) is 4.55. The fourth-order valence-corrected chi connectivity index (χ4v) is 3.16. The van der Waals surface area contributed by atoms with Crippen LogP contribution in [0.2, 0.25) is 0 Å². The third-order valence-electron chi connectivity index (χ3n) is 3.83. The Morgan fingerprint density at radius 2 is 1.92 bits per heavy atom.